The van der Waals surface area contributed by atoms with Crippen molar-refractivity contribution in [3.8, 4) is 0 Å². The molecule has 17 nitrogen and oxygen atoms in total. The number of phosphoric acid groups is 2. The van der Waals surface area contributed by atoms with E-state index >= 15 is 0 Å². The van der Waals surface area contributed by atoms with Crippen LogP contribution in [0.15, 0.2) is 0 Å². The lowest BCUT2D eigenvalue weighted by atomic mass is 10.00. The first-order chi connectivity index (χ1) is 31.1. The van der Waals surface area contributed by atoms with Crippen molar-refractivity contribution in [3.63, 3.8) is 0 Å². The summed E-state index contributed by atoms with van der Waals surface area (Å²) in [7, 11) is -9.82. The smallest absolute Gasteiger partial charge is 0.462 e. The zero-order chi connectivity index (χ0) is 48.6. The number of unbranched alkanes of at least 4 members (excludes halogenated alkanes) is 17. The molecule has 0 aromatic rings. The van der Waals surface area contributed by atoms with Crippen LogP contribution in [0.2, 0.25) is 0 Å². The van der Waals surface area contributed by atoms with Gasteiger partial charge in [-0.1, -0.05) is 157 Å². The Balaban J connectivity index is 5.13. The van der Waals surface area contributed by atoms with Gasteiger partial charge in [0.2, 0.25) is 0 Å². The fourth-order valence-corrected chi connectivity index (χ4v) is 7.95. The Labute approximate surface area is 390 Å². The van der Waals surface area contributed by atoms with Gasteiger partial charge in [-0.2, -0.15) is 0 Å². The monoisotopic (exact) mass is 975 g/mol. The molecule has 0 aliphatic rings. The highest BCUT2D eigenvalue weighted by atomic mass is 31.2. The highest BCUT2D eigenvalue weighted by Gasteiger charge is 2.30. The molecule has 3 N–H and O–H groups in total. The second kappa shape index (κ2) is 41.1. The van der Waals surface area contributed by atoms with Crippen molar-refractivity contribution < 1.29 is 80.2 Å². The van der Waals surface area contributed by atoms with Gasteiger partial charge in [0.1, 0.15) is 19.3 Å². The van der Waals surface area contributed by atoms with E-state index in [0.717, 1.165) is 109 Å². The molecular weight excluding hydrogens is 886 g/mol. The van der Waals surface area contributed by atoms with Gasteiger partial charge in [-0.05, 0) is 31.6 Å². The maximum absolute atomic E-state index is 12.7. The largest absolute Gasteiger partial charge is 0.472 e. The maximum Gasteiger partial charge on any atom is 0.472 e. The van der Waals surface area contributed by atoms with Crippen LogP contribution in [-0.4, -0.2) is 96.7 Å². The number of aliphatic hydroxyl groups excluding tert-OH is 1. The molecule has 0 saturated heterocycles. The quantitative estimate of drug-likeness (QED) is 0.0222. The van der Waals surface area contributed by atoms with Gasteiger partial charge in [-0.25, -0.2) is 9.13 Å². The molecule has 0 spiro atoms. The summed E-state index contributed by atoms with van der Waals surface area (Å²) in [5, 5.41) is 10.3. The first kappa shape index (κ1) is 63.1. The molecule has 3 unspecified atom stereocenters. The molecule has 0 fully saturated rings. The van der Waals surface area contributed by atoms with Gasteiger partial charge in [-0.15, -0.1) is 0 Å². The van der Waals surface area contributed by atoms with E-state index in [1.54, 1.807) is 0 Å². The molecule has 65 heavy (non-hydrogen) atoms. The summed E-state index contributed by atoms with van der Waals surface area (Å²) < 4.78 is 66.6. The van der Waals surface area contributed by atoms with E-state index in [1.165, 1.54) is 19.3 Å². The molecule has 0 rings (SSSR count). The van der Waals surface area contributed by atoms with Crippen molar-refractivity contribution >= 4 is 39.5 Å². The minimum absolute atomic E-state index is 0.0982. The number of carbonyl (C=O) groups excluding carboxylic acids is 4. The van der Waals surface area contributed by atoms with Gasteiger partial charge in [0.05, 0.1) is 26.4 Å². The van der Waals surface area contributed by atoms with Crippen molar-refractivity contribution in [2.45, 2.75) is 226 Å². The Bertz CT molecular complexity index is 1320. The molecule has 6 atom stereocenters. The average Bonchev–Trinajstić information content (AvgIpc) is 3.27. The standard InChI is InChI=1S/C46H88O17P2/c1-6-10-13-18-24-29-43(48)56-35-41(62-45(50)31-26-20-15-12-8-3)37-60-64(52,53)58-33-40(47)34-59-65(54,55)61-38-42(36-57-44(49)30-25-19-14-11-7-2)63-46(51)32-27-22-17-16-21-23-28-39(5)9-4/h39-42,47H,6-38H2,1-5H3,(H,52,53)(H,54,55)/t39?,40-,41+,42+/m0/s1. The summed E-state index contributed by atoms with van der Waals surface area (Å²) in [4.78, 5) is 70.5. The van der Waals surface area contributed by atoms with Crippen LogP contribution in [-0.2, 0) is 65.4 Å². The first-order valence-electron chi connectivity index (χ1n) is 24.7. The number of aliphatic hydroxyl groups is 1. The van der Waals surface area contributed by atoms with E-state index in [9.17, 15) is 43.2 Å². The summed E-state index contributed by atoms with van der Waals surface area (Å²) in [6.45, 7) is 6.72. The van der Waals surface area contributed by atoms with Crippen molar-refractivity contribution in [1.82, 2.24) is 0 Å². The number of ether oxygens (including phenoxy) is 4. The number of rotatable bonds is 46. The lowest BCUT2D eigenvalue weighted by molar-refractivity contribution is -0.161. The Morgan fingerprint density at radius 1 is 0.431 bits per heavy atom. The second-order valence-electron chi connectivity index (χ2n) is 17.0. The fraction of sp³-hybridized carbons (Fsp3) is 0.913. The van der Waals surface area contributed by atoms with Gasteiger partial charge in [0.15, 0.2) is 12.2 Å². The van der Waals surface area contributed by atoms with Gasteiger partial charge in [-0.3, -0.25) is 37.3 Å². The van der Waals surface area contributed by atoms with Gasteiger partial charge in [0, 0.05) is 25.7 Å². The van der Waals surface area contributed by atoms with Crippen LogP contribution in [0, 0.1) is 5.92 Å². The van der Waals surface area contributed by atoms with E-state index in [1.807, 2.05) is 0 Å². The molecule has 0 radical (unpaired) electrons. The summed E-state index contributed by atoms with van der Waals surface area (Å²) in [5.74, 6) is -1.48. The van der Waals surface area contributed by atoms with E-state index in [2.05, 4.69) is 34.6 Å². The van der Waals surface area contributed by atoms with Crippen molar-refractivity contribution in [2.75, 3.05) is 39.6 Å². The summed E-state index contributed by atoms with van der Waals surface area (Å²) in [6, 6.07) is 0. The topological polar surface area (TPSA) is 237 Å². The molecule has 0 aliphatic heterocycles. The number of hydrogen-bond acceptors (Lipinski definition) is 15. The van der Waals surface area contributed by atoms with Crippen LogP contribution in [0.1, 0.15) is 208 Å². The van der Waals surface area contributed by atoms with Crippen LogP contribution in [0.25, 0.3) is 0 Å². The van der Waals surface area contributed by atoms with E-state index in [0.29, 0.717) is 25.7 Å². The molecular formula is C46H88O17P2. The average molecular weight is 975 g/mol. The van der Waals surface area contributed by atoms with Crippen LogP contribution in [0.3, 0.4) is 0 Å². The minimum atomic E-state index is -4.91. The zero-order valence-electron chi connectivity index (χ0n) is 40.6. The lowest BCUT2D eigenvalue weighted by Gasteiger charge is -2.21. The third-order valence-electron chi connectivity index (χ3n) is 10.6. The van der Waals surface area contributed by atoms with E-state index in [-0.39, 0.29) is 25.7 Å². The molecule has 0 amide bonds. The normalized spacial score (nSPS) is 15.3. The van der Waals surface area contributed by atoms with Gasteiger partial charge < -0.3 is 33.8 Å². The van der Waals surface area contributed by atoms with Crippen LogP contribution >= 0.6 is 15.6 Å². The molecule has 0 aromatic heterocycles. The van der Waals surface area contributed by atoms with Gasteiger partial charge >= 0.3 is 39.5 Å². The third kappa shape index (κ3) is 40.8. The predicted octanol–water partition coefficient (Wildman–Crippen LogP) is 10.8. The molecule has 384 valence electrons. The maximum atomic E-state index is 12.7. The number of esters is 4. The predicted molar refractivity (Wildman–Crippen MR) is 248 cm³/mol. The Morgan fingerprint density at radius 2 is 0.738 bits per heavy atom. The number of hydrogen-bond donors (Lipinski definition) is 3. The Morgan fingerprint density at radius 3 is 1.09 bits per heavy atom. The number of carbonyl (C=O) groups is 4. The van der Waals surface area contributed by atoms with Crippen LogP contribution in [0.4, 0.5) is 0 Å². The Hall–Kier alpha value is -1.94. The molecule has 0 heterocycles. The zero-order valence-corrected chi connectivity index (χ0v) is 42.4. The first-order valence-corrected chi connectivity index (χ1v) is 27.7. The highest BCUT2D eigenvalue weighted by molar-refractivity contribution is 7.47. The van der Waals surface area contributed by atoms with Crippen molar-refractivity contribution in [3.05, 3.63) is 0 Å². The van der Waals surface area contributed by atoms with E-state index in [4.69, 9.17) is 37.0 Å². The number of phosphoric ester groups is 2. The van der Waals surface area contributed by atoms with Gasteiger partial charge in [0.25, 0.3) is 0 Å². The fourth-order valence-electron chi connectivity index (χ4n) is 6.37. The SMILES string of the molecule is CCCCCCCC(=O)OC[C@H](COP(=O)(O)OC[C@H](O)COP(=O)(O)OC[C@@H](COC(=O)CCCCCCC)OC(=O)CCCCCCCCC(C)CC)OC(=O)CCCCCCC. The molecule has 0 aliphatic carbocycles. The van der Waals surface area contributed by atoms with E-state index < -0.39 is 97.5 Å². The summed E-state index contributed by atoms with van der Waals surface area (Å²) in [5.41, 5.74) is 0. The Kier molecular flexibility index (Phi) is 39.8. The van der Waals surface area contributed by atoms with Crippen LogP contribution < -0.4 is 0 Å². The van der Waals surface area contributed by atoms with Crippen molar-refractivity contribution in [2.24, 2.45) is 5.92 Å². The molecule has 19 heteroatoms. The molecule has 0 bridgehead atoms. The molecule has 0 saturated carbocycles. The summed E-state index contributed by atoms with van der Waals surface area (Å²) >= 11 is 0. The summed E-state index contributed by atoms with van der Waals surface area (Å²) in [6.07, 6.45) is 18.2. The lowest BCUT2D eigenvalue weighted by Crippen LogP contribution is -2.30. The second-order valence-corrected chi connectivity index (χ2v) is 19.9. The third-order valence-corrected chi connectivity index (χ3v) is 12.5. The molecule has 0 aromatic carbocycles. The minimum Gasteiger partial charge on any atom is -0.462 e. The highest BCUT2D eigenvalue weighted by Crippen LogP contribution is 2.45. The van der Waals surface area contributed by atoms with Crippen molar-refractivity contribution in [1.29, 1.82) is 0 Å². The van der Waals surface area contributed by atoms with Crippen LogP contribution in [0.5, 0.6) is 0 Å².